The molecule has 0 bridgehead atoms. The molecule has 0 unspecified atom stereocenters. The first-order valence-corrected chi connectivity index (χ1v) is 5.63. The third kappa shape index (κ3) is 2.06. The Morgan fingerprint density at radius 1 is 0.923 bits per heavy atom. The van der Waals surface area contributed by atoms with Crippen LogP contribution in [0.1, 0.15) is 16.7 Å². The lowest BCUT2D eigenvalue weighted by Crippen LogP contribution is -2.14. The molecule has 3 N–H and O–H groups in total. The molecule has 0 aliphatic heterocycles. The minimum absolute atomic E-state index is 0.246. The fourth-order valence-corrected chi connectivity index (χ4v) is 2.16. The molecule has 72 valence electrons. The lowest BCUT2D eigenvalue weighted by molar-refractivity contribution is 0.347. The molecule has 1 aromatic rings. The van der Waals surface area contributed by atoms with E-state index in [-0.39, 0.29) is 5.30 Å². The van der Waals surface area contributed by atoms with Crippen LogP contribution in [0.15, 0.2) is 12.1 Å². The van der Waals surface area contributed by atoms with Gasteiger partial charge in [0.1, 0.15) is 0 Å². The van der Waals surface area contributed by atoms with E-state index in [0.717, 1.165) is 16.7 Å². The molecule has 0 amide bonds. The van der Waals surface area contributed by atoms with Gasteiger partial charge in [-0.15, -0.1) is 0 Å². The summed E-state index contributed by atoms with van der Waals surface area (Å²) in [5.74, 6) is 0. The molecule has 0 radical (unpaired) electrons. The Morgan fingerprint density at radius 3 is 1.92 bits per heavy atom. The van der Waals surface area contributed by atoms with Crippen LogP contribution in [-0.4, -0.2) is 14.7 Å². The van der Waals surface area contributed by atoms with Crippen molar-refractivity contribution < 1.29 is 14.7 Å². The fourth-order valence-electron chi connectivity index (χ4n) is 1.27. The molecule has 3 nitrogen and oxygen atoms in total. The zero-order chi connectivity index (χ0) is 10.2. The van der Waals surface area contributed by atoms with Gasteiger partial charge in [-0.2, -0.15) is 14.7 Å². The van der Waals surface area contributed by atoms with Crippen LogP contribution in [-0.2, 0) is 0 Å². The number of hydrogen-bond acceptors (Lipinski definition) is 3. The van der Waals surface area contributed by atoms with Gasteiger partial charge in [0.05, 0.1) is 0 Å². The van der Waals surface area contributed by atoms with Gasteiger partial charge >= 0.3 is 7.94 Å². The van der Waals surface area contributed by atoms with Crippen molar-refractivity contribution in [3.05, 3.63) is 28.8 Å². The summed E-state index contributed by atoms with van der Waals surface area (Å²) < 4.78 is 0. The van der Waals surface area contributed by atoms with Gasteiger partial charge in [-0.3, -0.25) is 0 Å². The van der Waals surface area contributed by atoms with E-state index in [4.69, 9.17) is 14.7 Å². The predicted octanol–water partition coefficient (Wildman–Crippen LogP) is 0.977. The van der Waals surface area contributed by atoms with E-state index >= 15 is 0 Å². The number of benzene rings is 1. The Balaban J connectivity index is 3.35. The monoisotopic (exact) mass is 201 g/mol. The Kier molecular flexibility index (Phi) is 2.74. The van der Waals surface area contributed by atoms with Crippen LogP contribution in [0.25, 0.3) is 0 Å². The van der Waals surface area contributed by atoms with Gasteiger partial charge in [-0.25, -0.2) is 0 Å². The number of aryl methyl sites for hydroxylation is 1. The van der Waals surface area contributed by atoms with Crippen LogP contribution in [0.2, 0.25) is 0 Å². The molecule has 0 heterocycles. The standard InChI is InChI=1S/C9H14O3P/c1-6-4-5-9(13(10,11)12)8(3)7(6)2/h4-5,10-12H,1-3H3/q+1. The van der Waals surface area contributed by atoms with E-state index in [1.807, 2.05) is 13.8 Å². The highest BCUT2D eigenvalue weighted by Gasteiger charge is 2.36. The lowest BCUT2D eigenvalue weighted by Gasteiger charge is -2.10. The van der Waals surface area contributed by atoms with Crippen LogP contribution in [0, 0.1) is 20.8 Å². The van der Waals surface area contributed by atoms with Crippen LogP contribution in [0.5, 0.6) is 0 Å². The Morgan fingerprint density at radius 2 is 1.46 bits per heavy atom. The average molecular weight is 201 g/mol. The zero-order valence-electron chi connectivity index (χ0n) is 7.94. The van der Waals surface area contributed by atoms with Crippen molar-refractivity contribution in [1.82, 2.24) is 0 Å². The quantitative estimate of drug-likeness (QED) is 0.593. The second kappa shape index (κ2) is 3.35. The van der Waals surface area contributed by atoms with E-state index in [0.29, 0.717) is 0 Å². The van der Waals surface area contributed by atoms with Crippen molar-refractivity contribution in [3.63, 3.8) is 0 Å². The third-order valence-electron chi connectivity index (χ3n) is 2.35. The maximum absolute atomic E-state index is 9.11. The molecule has 0 fully saturated rings. The second-order valence-corrected chi connectivity index (χ2v) is 4.84. The third-order valence-corrected chi connectivity index (χ3v) is 3.48. The molecule has 0 saturated carbocycles. The minimum atomic E-state index is -3.85. The Hall–Kier alpha value is -0.470. The highest BCUT2D eigenvalue weighted by molar-refractivity contribution is 7.66. The normalized spacial score (nSPS) is 11.8. The smallest absolute Gasteiger partial charge is 0.189 e. The molecule has 1 aromatic carbocycles. The van der Waals surface area contributed by atoms with Crippen molar-refractivity contribution in [2.24, 2.45) is 0 Å². The first-order valence-electron chi connectivity index (χ1n) is 3.98. The molecular weight excluding hydrogens is 187 g/mol. The van der Waals surface area contributed by atoms with Gasteiger partial charge in [0.2, 0.25) is 0 Å². The predicted molar refractivity (Wildman–Crippen MR) is 53.9 cm³/mol. The summed E-state index contributed by atoms with van der Waals surface area (Å²) in [6, 6.07) is 3.33. The SMILES string of the molecule is Cc1ccc([P+](O)(O)O)c(C)c1C. The molecule has 0 spiro atoms. The molecule has 4 heteroatoms. The molecule has 0 aliphatic carbocycles. The molecular formula is C9H14O3P+. The average Bonchev–Trinajstić information content (AvgIpc) is 1.98. The van der Waals surface area contributed by atoms with E-state index in [2.05, 4.69) is 0 Å². The van der Waals surface area contributed by atoms with Gasteiger partial charge in [0, 0.05) is 5.56 Å². The first-order chi connectivity index (χ1) is 5.84. The van der Waals surface area contributed by atoms with Crippen LogP contribution >= 0.6 is 7.94 Å². The summed E-state index contributed by atoms with van der Waals surface area (Å²) in [6.45, 7) is 5.61. The summed E-state index contributed by atoms with van der Waals surface area (Å²) in [7, 11) is -3.85. The van der Waals surface area contributed by atoms with Gasteiger partial charge < -0.3 is 0 Å². The summed E-state index contributed by atoms with van der Waals surface area (Å²) in [5, 5.41) is 0.246. The van der Waals surface area contributed by atoms with E-state index in [1.54, 1.807) is 19.1 Å². The van der Waals surface area contributed by atoms with E-state index in [9.17, 15) is 0 Å². The van der Waals surface area contributed by atoms with Gasteiger partial charge in [-0.05, 0) is 38.0 Å². The molecule has 0 aromatic heterocycles. The Labute approximate surface area is 78.3 Å². The van der Waals surface area contributed by atoms with Crippen LogP contribution < -0.4 is 5.30 Å². The minimum Gasteiger partial charge on any atom is -0.189 e. The molecule has 0 saturated heterocycles. The number of hydrogen-bond donors (Lipinski definition) is 3. The zero-order valence-corrected chi connectivity index (χ0v) is 8.84. The molecule has 0 atom stereocenters. The summed E-state index contributed by atoms with van der Waals surface area (Å²) >= 11 is 0. The lowest BCUT2D eigenvalue weighted by atomic mass is 10.1. The Bertz CT molecular complexity index is 328. The summed E-state index contributed by atoms with van der Waals surface area (Å²) in [6.07, 6.45) is 0. The highest BCUT2D eigenvalue weighted by Crippen LogP contribution is 2.44. The van der Waals surface area contributed by atoms with Crippen molar-refractivity contribution in [1.29, 1.82) is 0 Å². The van der Waals surface area contributed by atoms with Crippen molar-refractivity contribution in [2.45, 2.75) is 20.8 Å². The van der Waals surface area contributed by atoms with E-state index < -0.39 is 7.94 Å². The highest BCUT2D eigenvalue weighted by atomic mass is 31.2. The number of rotatable bonds is 1. The first kappa shape index (κ1) is 10.6. The van der Waals surface area contributed by atoms with Gasteiger partial charge in [0.25, 0.3) is 0 Å². The summed E-state index contributed by atoms with van der Waals surface area (Å²) in [4.78, 5) is 27.3. The molecule has 0 aliphatic rings. The van der Waals surface area contributed by atoms with E-state index in [1.165, 1.54) is 0 Å². The molecule has 13 heavy (non-hydrogen) atoms. The van der Waals surface area contributed by atoms with Crippen molar-refractivity contribution in [3.8, 4) is 0 Å². The topological polar surface area (TPSA) is 60.7 Å². The maximum atomic E-state index is 9.11. The summed E-state index contributed by atoms with van der Waals surface area (Å²) in [5.41, 5.74) is 2.81. The largest absolute Gasteiger partial charge is 0.441 e. The second-order valence-electron chi connectivity index (χ2n) is 3.22. The fraction of sp³-hybridized carbons (Fsp3) is 0.333. The molecule has 1 rings (SSSR count). The van der Waals surface area contributed by atoms with Crippen molar-refractivity contribution >= 4 is 13.2 Å². The van der Waals surface area contributed by atoms with Gasteiger partial charge in [0.15, 0.2) is 5.30 Å². The van der Waals surface area contributed by atoms with Crippen LogP contribution in [0.4, 0.5) is 0 Å². The van der Waals surface area contributed by atoms with Crippen LogP contribution in [0.3, 0.4) is 0 Å². The van der Waals surface area contributed by atoms with Crippen molar-refractivity contribution in [2.75, 3.05) is 0 Å². The van der Waals surface area contributed by atoms with Gasteiger partial charge in [-0.1, -0.05) is 6.07 Å². The maximum Gasteiger partial charge on any atom is 0.441 e.